The van der Waals surface area contributed by atoms with Crippen molar-refractivity contribution in [3.63, 3.8) is 0 Å². The van der Waals surface area contributed by atoms with Gasteiger partial charge in [-0.3, -0.25) is 0 Å². The van der Waals surface area contributed by atoms with E-state index in [1.165, 1.54) is 16.7 Å². The molecule has 0 atom stereocenters. The van der Waals surface area contributed by atoms with Gasteiger partial charge in [0.1, 0.15) is 0 Å². The largest absolute Gasteiger partial charge is 0.398 e. The number of hydrogen-bond acceptors (Lipinski definition) is 2. The molecule has 0 aromatic rings. The summed E-state index contributed by atoms with van der Waals surface area (Å²) in [6.07, 6.45) is 3.77. The monoisotopic (exact) mass is 216 g/mol. The quantitative estimate of drug-likeness (QED) is 0.745. The Hall–Kier alpha value is -1.70. The van der Waals surface area contributed by atoms with Gasteiger partial charge in [-0.05, 0) is 38.0 Å². The van der Waals surface area contributed by atoms with Crippen molar-refractivity contribution in [3.05, 3.63) is 59.0 Å². The van der Waals surface area contributed by atoms with Gasteiger partial charge in [0.15, 0.2) is 0 Å². The zero-order valence-corrected chi connectivity index (χ0v) is 10.4. The molecular formula is C14H20N2. The minimum atomic E-state index is 0.688. The molecule has 1 rings (SSSR count). The molecular weight excluding hydrogens is 196 g/mol. The van der Waals surface area contributed by atoms with Gasteiger partial charge in [-0.2, -0.15) is 0 Å². The van der Waals surface area contributed by atoms with Gasteiger partial charge < -0.3 is 11.1 Å². The summed E-state index contributed by atoms with van der Waals surface area (Å²) in [6, 6.07) is 0. The molecule has 2 nitrogen and oxygen atoms in total. The number of allylic oxidation sites excluding steroid dienone is 5. The summed E-state index contributed by atoms with van der Waals surface area (Å²) in [7, 11) is 0. The van der Waals surface area contributed by atoms with Crippen LogP contribution in [0.5, 0.6) is 0 Å². The highest BCUT2D eigenvalue weighted by molar-refractivity contribution is 5.58. The van der Waals surface area contributed by atoms with E-state index in [0.29, 0.717) is 5.70 Å². The molecule has 2 heteroatoms. The normalized spacial score (nSPS) is 22.9. The van der Waals surface area contributed by atoms with Crippen LogP contribution < -0.4 is 11.1 Å². The van der Waals surface area contributed by atoms with Gasteiger partial charge in [-0.15, -0.1) is 0 Å². The van der Waals surface area contributed by atoms with Crippen LogP contribution in [0, 0.1) is 0 Å². The van der Waals surface area contributed by atoms with Crippen LogP contribution in [0.4, 0.5) is 0 Å². The Labute approximate surface area is 97.9 Å². The maximum absolute atomic E-state index is 5.95. The lowest BCUT2D eigenvalue weighted by Gasteiger charge is -2.09. The molecule has 0 amide bonds. The Morgan fingerprint density at radius 2 is 2.06 bits per heavy atom. The molecule has 0 aromatic heterocycles. The summed E-state index contributed by atoms with van der Waals surface area (Å²) in [5, 5.41) is 3.23. The van der Waals surface area contributed by atoms with Gasteiger partial charge >= 0.3 is 0 Å². The summed E-state index contributed by atoms with van der Waals surface area (Å²) in [4.78, 5) is 0. The fourth-order valence-corrected chi connectivity index (χ4v) is 1.78. The average molecular weight is 216 g/mol. The number of rotatable bonds is 2. The summed E-state index contributed by atoms with van der Waals surface area (Å²) in [5.41, 5.74) is 12.3. The van der Waals surface area contributed by atoms with Crippen molar-refractivity contribution >= 4 is 0 Å². The second-order valence-electron chi connectivity index (χ2n) is 3.94. The van der Waals surface area contributed by atoms with E-state index in [4.69, 9.17) is 5.73 Å². The highest BCUT2D eigenvalue weighted by atomic mass is 14.9. The van der Waals surface area contributed by atoms with Gasteiger partial charge in [-0.1, -0.05) is 24.8 Å². The van der Waals surface area contributed by atoms with Crippen LogP contribution in [-0.4, -0.2) is 6.54 Å². The third-order valence-corrected chi connectivity index (χ3v) is 3.07. The molecule has 16 heavy (non-hydrogen) atoms. The molecule has 0 unspecified atom stereocenters. The first-order valence-electron chi connectivity index (χ1n) is 5.41. The van der Waals surface area contributed by atoms with Gasteiger partial charge in [0.2, 0.25) is 0 Å². The molecule has 86 valence electrons. The van der Waals surface area contributed by atoms with Crippen LogP contribution in [0.3, 0.4) is 0 Å². The zero-order chi connectivity index (χ0) is 12.3. The fourth-order valence-electron chi connectivity index (χ4n) is 1.78. The van der Waals surface area contributed by atoms with Gasteiger partial charge in [-0.25, -0.2) is 0 Å². The smallest absolute Gasteiger partial charge is 0.0411 e. The van der Waals surface area contributed by atoms with E-state index in [2.05, 4.69) is 38.4 Å². The average Bonchev–Trinajstić information content (AvgIpc) is 2.68. The molecule has 1 fully saturated rings. The van der Waals surface area contributed by atoms with Gasteiger partial charge in [0.05, 0.1) is 0 Å². The predicted molar refractivity (Wildman–Crippen MR) is 70.7 cm³/mol. The molecule has 1 aliphatic rings. The number of hydrogen-bond donors (Lipinski definition) is 2. The third-order valence-electron chi connectivity index (χ3n) is 3.07. The van der Waals surface area contributed by atoms with E-state index < -0.39 is 0 Å². The van der Waals surface area contributed by atoms with Crippen LogP contribution in [0.15, 0.2) is 59.0 Å². The highest BCUT2D eigenvalue weighted by Gasteiger charge is 2.21. The Kier molecular flexibility index (Phi) is 3.78. The lowest BCUT2D eigenvalue weighted by molar-refractivity contribution is 0.978. The van der Waals surface area contributed by atoms with Crippen LogP contribution >= 0.6 is 0 Å². The van der Waals surface area contributed by atoms with Crippen LogP contribution in [-0.2, 0) is 0 Å². The van der Waals surface area contributed by atoms with E-state index >= 15 is 0 Å². The molecule has 1 saturated heterocycles. The lowest BCUT2D eigenvalue weighted by atomic mass is 9.96. The van der Waals surface area contributed by atoms with Crippen molar-refractivity contribution in [2.45, 2.75) is 20.8 Å². The van der Waals surface area contributed by atoms with E-state index in [-0.39, 0.29) is 0 Å². The van der Waals surface area contributed by atoms with Crippen molar-refractivity contribution < 1.29 is 0 Å². The lowest BCUT2D eigenvalue weighted by Crippen LogP contribution is -2.04. The molecule has 0 aromatic carbocycles. The molecule has 1 aliphatic heterocycles. The first-order valence-corrected chi connectivity index (χ1v) is 5.41. The van der Waals surface area contributed by atoms with Gasteiger partial charge in [0.25, 0.3) is 0 Å². The maximum Gasteiger partial charge on any atom is 0.0411 e. The molecule has 0 bridgehead atoms. The van der Waals surface area contributed by atoms with Crippen LogP contribution in [0.1, 0.15) is 20.8 Å². The van der Waals surface area contributed by atoms with Gasteiger partial charge in [0, 0.05) is 23.5 Å². The fraction of sp³-hybridized carbons (Fsp3) is 0.286. The molecule has 0 aliphatic carbocycles. The minimum absolute atomic E-state index is 0.688. The number of nitrogens with one attached hydrogen (secondary N) is 1. The second kappa shape index (κ2) is 4.88. The first-order chi connectivity index (χ1) is 7.52. The minimum Gasteiger partial charge on any atom is -0.398 e. The Bertz CT molecular complexity index is 420. The standard InChI is InChI=1S/C14H20N2/c1-6-9(3)10(4)12-8-16-11(5)14(12)13(15)7-2/h6-7,16H,2,5,8,15H2,1,3-4H3/b9-6+,12-10+,14-13+. The summed E-state index contributed by atoms with van der Waals surface area (Å²) in [5.74, 6) is 0. The van der Waals surface area contributed by atoms with E-state index in [0.717, 1.165) is 17.8 Å². The number of nitrogens with two attached hydrogens (primary N) is 1. The summed E-state index contributed by atoms with van der Waals surface area (Å²) < 4.78 is 0. The molecule has 0 radical (unpaired) electrons. The summed E-state index contributed by atoms with van der Waals surface area (Å²) in [6.45, 7) is 14.7. The Balaban J connectivity index is 3.36. The zero-order valence-electron chi connectivity index (χ0n) is 10.4. The molecule has 3 N–H and O–H groups in total. The van der Waals surface area contributed by atoms with Crippen molar-refractivity contribution in [1.29, 1.82) is 0 Å². The van der Waals surface area contributed by atoms with Crippen LogP contribution in [0.25, 0.3) is 0 Å². The van der Waals surface area contributed by atoms with Crippen molar-refractivity contribution in [3.8, 4) is 0 Å². The SMILES string of the molecule is C=C/C(N)=C1/C(=C)NC/C1=C(C)\C(C)=C\C. The highest BCUT2D eigenvalue weighted by Crippen LogP contribution is 2.30. The molecule has 0 spiro atoms. The predicted octanol–water partition coefficient (Wildman–Crippen LogP) is 2.78. The van der Waals surface area contributed by atoms with E-state index in [1.807, 2.05) is 6.92 Å². The Morgan fingerprint density at radius 1 is 1.44 bits per heavy atom. The first kappa shape index (κ1) is 12.4. The summed E-state index contributed by atoms with van der Waals surface area (Å²) >= 11 is 0. The maximum atomic E-state index is 5.95. The van der Waals surface area contributed by atoms with E-state index in [9.17, 15) is 0 Å². The molecule has 1 heterocycles. The topological polar surface area (TPSA) is 38.0 Å². The van der Waals surface area contributed by atoms with Crippen molar-refractivity contribution in [2.24, 2.45) is 5.73 Å². The second-order valence-corrected chi connectivity index (χ2v) is 3.94. The van der Waals surface area contributed by atoms with Crippen molar-refractivity contribution in [1.82, 2.24) is 5.32 Å². The van der Waals surface area contributed by atoms with E-state index in [1.54, 1.807) is 6.08 Å². The molecule has 0 saturated carbocycles. The van der Waals surface area contributed by atoms with Crippen LogP contribution in [0.2, 0.25) is 0 Å². The third kappa shape index (κ3) is 2.11. The Morgan fingerprint density at radius 3 is 2.56 bits per heavy atom. The van der Waals surface area contributed by atoms with Crippen molar-refractivity contribution in [2.75, 3.05) is 6.54 Å².